The fraction of sp³-hybridized carbons (Fsp3) is 0.185. The van der Waals surface area contributed by atoms with Crippen molar-refractivity contribution in [1.82, 2.24) is 4.98 Å². The Bertz CT molecular complexity index is 1240. The number of carbonyl (C=O) groups is 1. The van der Waals surface area contributed by atoms with E-state index in [4.69, 9.17) is 15.2 Å². The number of rotatable bonds is 7. The van der Waals surface area contributed by atoms with Crippen LogP contribution in [0.5, 0.6) is 5.75 Å². The van der Waals surface area contributed by atoms with Gasteiger partial charge in [0.25, 0.3) is 0 Å². The first kappa shape index (κ1) is 21.5. The van der Waals surface area contributed by atoms with E-state index in [0.717, 1.165) is 33.0 Å². The van der Waals surface area contributed by atoms with Crippen molar-refractivity contribution >= 4 is 16.7 Å². The molecule has 0 aliphatic heterocycles. The molecule has 0 bridgehead atoms. The number of hydrogen-bond donors (Lipinski definition) is 1. The molecule has 3 aromatic carbocycles. The van der Waals surface area contributed by atoms with Crippen LogP contribution in [0.15, 0.2) is 79.1 Å². The summed E-state index contributed by atoms with van der Waals surface area (Å²) in [6, 6.07) is 21.5. The average Bonchev–Trinajstić information content (AvgIpc) is 2.83. The number of nitrogens with zero attached hydrogens (tertiary/aromatic N) is 1. The molecule has 4 rings (SSSR count). The Labute approximate surface area is 187 Å². The van der Waals surface area contributed by atoms with E-state index in [9.17, 15) is 4.79 Å². The van der Waals surface area contributed by atoms with Crippen molar-refractivity contribution in [3.8, 4) is 5.75 Å². The van der Waals surface area contributed by atoms with Crippen LogP contribution in [0, 0.1) is 6.92 Å². The fourth-order valence-corrected chi connectivity index (χ4v) is 3.83. The number of ether oxygens (including phenoxy) is 2. The Morgan fingerprint density at radius 3 is 2.47 bits per heavy atom. The van der Waals surface area contributed by atoms with Gasteiger partial charge in [0.1, 0.15) is 12.4 Å². The number of esters is 1. The zero-order valence-corrected chi connectivity index (χ0v) is 18.2. The summed E-state index contributed by atoms with van der Waals surface area (Å²) < 4.78 is 11.1. The predicted molar refractivity (Wildman–Crippen MR) is 126 cm³/mol. The normalized spacial score (nSPS) is 11.8. The Balaban J connectivity index is 1.59. The van der Waals surface area contributed by atoms with Gasteiger partial charge in [-0.25, -0.2) is 4.79 Å². The zero-order valence-electron chi connectivity index (χ0n) is 18.2. The highest BCUT2D eigenvalue weighted by molar-refractivity contribution is 5.89. The van der Waals surface area contributed by atoms with Crippen LogP contribution in [0.3, 0.4) is 0 Å². The number of methoxy groups -OCH3 is 1. The molecule has 0 fully saturated rings. The second kappa shape index (κ2) is 9.62. The number of hydrogen-bond acceptors (Lipinski definition) is 5. The number of benzene rings is 3. The Kier molecular flexibility index (Phi) is 6.47. The lowest BCUT2D eigenvalue weighted by Crippen LogP contribution is -2.14. The van der Waals surface area contributed by atoms with Crippen molar-refractivity contribution in [2.24, 2.45) is 5.73 Å². The van der Waals surface area contributed by atoms with E-state index in [-0.39, 0.29) is 18.5 Å². The van der Waals surface area contributed by atoms with Gasteiger partial charge in [0.05, 0.1) is 12.7 Å². The van der Waals surface area contributed by atoms with Crippen molar-refractivity contribution in [3.63, 3.8) is 0 Å². The highest BCUT2D eigenvalue weighted by Crippen LogP contribution is 2.30. The second-order valence-corrected chi connectivity index (χ2v) is 7.78. The lowest BCUT2D eigenvalue weighted by Gasteiger charge is -2.19. The Morgan fingerprint density at radius 1 is 0.969 bits per heavy atom. The van der Waals surface area contributed by atoms with Crippen LogP contribution in [-0.2, 0) is 11.3 Å². The van der Waals surface area contributed by atoms with Crippen molar-refractivity contribution in [3.05, 3.63) is 107 Å². The zero-order chi connectivity index (χ0) is 22.5. The number of aryl methyl sites for hydroxylation is 1. The molecule has 0 aliphatic rings. The SMILES string of the molecule is COc1ccc(C(CN)c2ccc3cnccc3c2)cc1COC(=O)c1ccc(C)cc1. The second-order valence-electron chi connectivity index (χ2n) is 7.78. The maximum Gasteiger partial charge on any atom is 0.338 e. The summed E-state index contributed by atoms with van der Waals surface area (Å²) in [5.41, 5.74) is 10.8. The molecule has 1 aromatic heterocycles. The van der Waals surface area contributed by atoms with E-state index in [1.807, 2.05) is 49.5 Å². The van der Waals surface area contributed by atoms with Crippen LogP contribution in [0.4, 0.5) is 0 Å². The third kappa shape index (κ3) is 4.63. The summed E-state index contributed by atoms with van der Waals surface area (Å²) >= 11 is 0. The molecule has 4 aromatic rings. The molecule has 32 heavy (non-hydrogen) atoms. The summed E-state index contributed by atoms with van der Waals surface area (Å²) in [7, 11) is 1.61. The molecule has 0 saturated carbocycles. The quantitative estimate of drug-likeness (QED) is 0.421. The first-order valence-corrected chi connectivity index (χ1v) is 10.5. The van der Waals surface area contributed by atoms with Gasteiger partial charge < -0.3 is 15.2 Å². The smallest absolute Gasteiger partial charge is 0.338 e. The molecule has 0 saturated heterocycles. The standard InChI is InChI=1S/C27H26N2O3/c1-18-3-5-19(6-4-18)27(30)32-17-24-14-22(9-10-26(24)31-2)25(15-28)21-7-8-23-16-29-12-11-20(23)13-21/h3-14,16,25H,15,17,28H2,1-2H3. The monoisotopic (exact) mass is 426 g/mol. The van der Waals surface area contributed by atoms with Gasteiger partial charge in [0.2, 0.25) is 0 Å². The molecular weight excluding hydrogens is 400 g/mol. The number of aromatic nitrogens is 1. The largest absolute Gasteiger partial charge is 0.496 e. The maximum atomic E-state index is 12.5. The molecule has 0 aliphatic carbocycles. The molecular formula is C27H26N2O3. The van der Waals surface area contributed by atoms with Gasteiger partial charge in [-0.1, -0.05) is 42.0 Å². The fourth-order valence-electron chi connectivity index (χ4n) is 3.83. The Hall–Kier alpha value is -3.70. The van der Waals surface area contributed by atoms with Crippen molar-refractivity contribution < 1.29 is 14.3 Å². The number of pyridine rings is 1. The van der Waals surface area contributed by atoms with E-state index < -0.39 is 0 Å². The first-order valence-electron chi connectivity index (χ1n) is 10.5. The number of nitrogens with two attached hydrogens (primary N) is 1. The van der Waals surface area contributed by atoms with E-state index >= 15 is 0 Å². The minimum Gasteiger partial charge on any atom is -0.496 e. The summed E-state index contributed by atoms with van der Waals surface area (Å²) in [6.07, 6.45) is 3.64. The molecule has 1 atom stereocenters. The third-order valence-electron chi connectivity index (χ3n) is 5.66. The molecule has 0 spiro atoms. The topological polar surface area (TPSA) is 74.4 Å². The first-order chi connectivity index (χ1) is 15.6. The molecule has 0 amide bonds. The van der Waals surface area contributed by atoms with Crippen LogP contribution < -0.4 is 10.5 Å². The van der Waals surface area contributed by atoms with Crippen molar-refractivity contribution in [2.75, 3.05) is 13.7 Å². The summed E-state index contributed by atoms with van der Waals surface area (Å²) in [4.78, 5) is 16.6. The Morgan fingerprint density at radius 2 is 1.72 bits per heavy atom. The van der Waals surface area contributed by atoms with Gasteiger partial charge in [-0.2, -0.15) is 0 Å². The van der Waals surface area contributed by atoms with Crippen LogP contribution in [0.2, 0.25) is 0 Å². The van der Waals surface area contributed by atoms with Gasteiger partial charge in [-0.05, 0) is 53.8 Å². The molecule has 2 N–H and O–H groups in total. The van der Waals surface area contributed by atoms with Crippen LogP contribution in [0.1, 0.15) is 38.5 Å². The van der Waals surface area contributed by atoms with Gasteiger partial charge in [-0.15, -0.1) is 0 Å². The maximum absolute atomic E-state index is 12.5. The molecule has 162 valence electrons. The molecule has 5 nitrogen and oxygen atoms in total. The van der Waals surface area contributed by atoms with Gasteiger partial charge in [-0.3, -0.25) is 4.98 Å². The van der Waals surface area contributed by atoms with E-state index in [2.05, 4.69) is 23.2 Å². The average molecular weight is 427 g/mol. The number of carbonyl (C=O) groups excluding carboxylic acids is 1. The number of fused-ring (bicyclic) bond motifs is 1. The van der Waals surface area contributed by atoms with Crippen LogP contribution in [-0.4, -0.2) is 24.6 Å². The van der Waals surface area contributed by atoms with Gasteiger partial charge in [0, 0.05) is 35.8 Å². The summed E-state index contributed by atoms with van der Waals surface area (Å²) in [5, 5.41) is 2.21. The summed E-state index contributed by atoms with van der Waals surface area (Å²) in [5.74, 6) is 0.312. The van der Waals surface area contributed by atoms with E-state index in [1.165, 1.54) is 0 Å². The molecule has 1 unspecified atom stereocenters. The van der Waals surface area contributed by atoms with Crippen molar-refractivity contribution in [1.29, 1.82) is 0 Å². The third-order valence-corrected chi connectivity index (χ3v) is 5.66. The van der Waals surface area contributed by atoms with Crippen LogP contribution >= 0.6 is 0 Å². The van der Waals surface area contributed by atoms with Gasteiger partial charge in [0.15, 0.2) is 0 Å². The lowest BCUT2D eigenvalue weighted by molar-refractivity contribution is 0.0470. The molecule has 1 heterocycles. The minimum atomic E-state index is -0.365. The predicted octanol–water partition coefficient (Wildman–Crippen LogP) is 5.00. The highest BCUT2D eigenvalue weighted by Gasteiger charge is 2.17. The molecule has 5 heteroatoms. The van der Waals surface area contributed by atoms with Gasteiger partial charge >= 0.3 is 5.97 Å². The molecule has 0 radical (unpaired) electrons. The lowest BCUT2D eigenvalue weighted by atomic mass is 9.89. The highest BCUT2D eigenvalue weighted by atomic mass is 16.5. The van der Waals surface area contributed by atoms with Crippen LogP contribution in [0.25, 0.3) is 10.8 Å². The minimum absolute atomic E-state index is 0.00465. The van der Waals surface area contributed by atoms with E-state index in [1.54, 1.807) is 25.4 Å². The van der Waals surface area contributed by atoms with E-state index in [0.29, 0.717) is 17.9 Å². The van der Waals surface area contributed by atoms with Crippen molar-refractivity contribution in [2.45, 2.75) is 19.4 Å². The summed E-state index contributed by atoms with van der Waals surface area (Å²) in [6.45, 7) is 2.54.